The van der Waals surface area contributed by atoms with Crippen LogP contribution in [0.15, 0.2) is 24.3 Å². The zero-order valence-electron chi connectivity index (χ0n) is 20.5. The van der Waals surface area contributed by atoms with Crippen molar-refractivity contribution in [3.05, 3.63) is 24.3 Å². The molecule has 0 aliphatic heterocycles. The van der Waals surface area contributed by atoms with E-state index in [2.05, 4.69) is 38.1 Å². The zero-order chi connectivity index (χ0) is 21.7. The first-order chi connectivity index (χ1) is 15.3. The summed E-state index contributed by atoms with van der Waals surface area (Å²) in [5.74, 6) is 5.64. The van der Waals surface area contributed by atoms with Gasteiger partial charge in [0.1, 0.15) is 11.5 Å². The summed E-state index contributed by atoms with van der Waals surface area (Å²) in [6, 6.07) is 8.31. The third kappa shape index (κ3) is 9.07. The maximum Gasteiger partial charge on any atom is 0.119 e. The van der Waals surface area contributed by atoms with Crippen LogP contribution < -0.4 is 9.47 Å². The van der Waals surface area contributed by atoms with Crippen molar-refractivity contribution in [2.24, 2.45) is 23.7 Å². The first kappa shape index (κ1) is 24.5. The van der Waals surface area contributed by atoms with Gasteiger partial charge in [0.2, 0.25) is 0 Å². The standard InChI is InChI=1S/C29H48O2/c1-3-5-8-25-10-12-26(13-11-25)9-6-22-30-28-18-20-29(21-19-28)31-23-27-16-14-24(7-4-2)15-17-27/h18-21,24-27H,3-17,22-23H2,1-2H3/t24-,25-,26-,27-. The predicted octanol–water partition coefficient (Wildman–Crippen LogP) is 8.83. The van der Waals surface area contributed by atoms with Crippen molar-refractivity contribution in [3.8, 4) is 11.5 Å². The fraction of sp³-hybridized carbons (Fsp3) is 0.793. The van der Waals surface area contributed by atoms with Crippen molar-refractivity contribution in [2.45, 2.75) is 110 Å². The van der Waals surface area contributed by atoms with E-state index in [1.807, 2.05) is 0 Å². The topological polar surface area (TPSA) is 18.5 Å². The Morgan fingerprint density at radius 2 is 1.06 bits per heavy atom. The molecular formula is C29H48O2. The molecule has 0 unspecified atom stereocenters. The summed E-state index contributed by atoms with van der Waals surface area (Å²) in [6.45, 7) is 6.34. The Hall–Kier alpha value is -1.18. The third-order valence-corrected chi connectivity index (χ3v) is 7.93. The third-order valence-electron chi connectivity index (χ3n) is 7.93. The Kier molecular flexibility index (Phi) is 11.1. The highest BCUT2D eigenvalue weighted by Gasteiger charge is 2.21. The summed E-state index contributed by atoms with van der Waals surface area (Å²) in [4.78, 5) is 0. The molecule has 0 atom stereocenters. The molecule has 2 aliphatic rings. The minimum atomic E-state index is 0.741. The Morgan fingerprint density at radius 3 is 1.61 bits per heavy atom. The van der Waals surface area contributed by atoms with Crippen LogP contribution in [-0.2, 0) is 0 Å². The van der Waals surface area contributed by atoms with E-state index in [1.54, 1.807) is 0 Å². The van der Waals surface area contributed by atoms with Gasteiger partial charge in [0.15, 0.2) is 0 Å². The number of benzene rings is 1. The van der Waals surface area contributed by atoms with Gasteiger partial charge < -0.3 is 9.47 Å². The molecule has 3 rings (SSSR count). The lowest BCUT2D eigenvalue weighted by Gasteiger charge is -2.28. The first-order valence-corrected chi connectivity index (χ1v) is 13.6. The van der Waals surface area contributed by atoms with Crippen molar-refractivity contribution < 1.29 is 9.47 Å². The van der Waals surface area contributed by atoms with Crippen LogP contribution in [0.25, 0.3) is 0 Å². The van der Waals surface area contributed by atoms with Gasteiger partial charge in [-0.1, -0.05) is 84.5 Å². The largest absolute Gasteiger partial charge is 0.494 e. The quantitative estimate of drug-likeness (QED) is 0.292. The molecule has 0 aromatic heterocycles. The summed E-state index contributed by atoms with van der Waals surface area (Å²) in [7, 11) is 0. The summed E-state index contributed by atoms with van der Waals surface area (Å²) in [5.41, 5.74) is 0. The smallest absolute Gasteiger partial charge is 0.119 e. The van der Waals surface area contributed by atoms with Crippen LogP contribution in [0.2, 0.25) is 0 Å². The normalized spacial score (nSPS) is 26.5. The van der Waals surface area contributed by atoms with E-state index in [0.29, 0.717) is 0 Å². The minimum Gasteiger partial charge on any atom is -0.494 e. The molecule has 2 aliphatic carbocycles. The number of unbranched alkanes of at least 4 members (excludes halogenated alkanes) is 1. The molecule has 1 aromatic rings. The van der Waals surface area contributed by atoms with E-state index in [9.17, 15) is 0 Å². The molecule has 2 saturated carbocycles. The van der Waals surface area contributed by atoms with E-state index >= 15 is 0 Å². The van der Waals surface area contributed by atoms with Crippen LogP contribution in [0, 0.1) is 23.7 Å². The maximum atomic E-state index is 6.08. The van der Waals surface area contributed by atoms with Crippen LogP contribution in [0.1, 0.15) is 110 Å². The van der Waals surface area contributed by atoms with Gasteiger partial charge in [0, 0.05) is 0 Å². The minimum absolute atomic E-state index is 0.741. The van der Waals surface area contributed by atoms with Crippen molar-refractivity contribution in [1.29, 1.82) is 0 Å². The second-order valence-corrected chi connectivity index (χ2v) is 10.5. The zero-order valence-corrected chi connectivity index (χ0v) is 20.5. The molecule has 0 N–H and O–H groups in total. The predicted molar refractivity (Wildman–Crippen MR) is 132 cm³/mol. The summed E-state index contributed by atoms with van der Waals surface area (Å²) in [5, 5.41) is 0. The number of ether oxygens (including phenoxy) is 2. The molecule has 0 saturated heterocycles. The van der Waals surface area contributed by atoms with Gasteiger partial charge in [-0.25, -0.2) is 0 Å². The van der Waals surface area contributed by atoms with E-state index < -0.39 is 0 Å². The van der Waals surface area contributed by atoms with E-state index in [1.165, 1.54) is 96.3 Å². The van der Waals surface area contributed by atoms with Gasteiger partial charge in [-0.2, -0.15) is 0 Å². The van der Waals surface area contributed by atoms with E-state index in [4.69, 9.17) is 9.47 Å². The molecule has 31 heavy (non-hydrogen) atoms. The molecule has 0 radical (unpaired) electrons. The van der Waals surface area contributed by atoms with Crippen LogP contribution in [0.3, 0.4) is 0 Å². The van der Waals surface area contributed by atoms with Crippen molar-refractivity contribution in [1.82, 2.24) is 0 Å². The molecule has 0 heterocycles. The molecule has 2 fully saturated rings. The molecule has 0 bridgehead atoms. The fourth-order valence-electron chi connectivity index (χ4n) is 5.80. The van der Waals surface area contributed by atoms with Crippen LogP contribution in [0.5, 0.6) is 11.5 Å². The number of hydrogen-bond acceptors (Lipinski definition) is 2. The van der Waals surface area contributed by atoms with Gasteiger partial charge in [-0.15, -0.1) is 0 Å². The molecule has 2 nitrogen and oxygen atoms in total. The fourth-order valence-corrected chi connectivity index (χ4v) is 5.80. The maximum absolute atomic E-state index is 6.08. The highest BCUT2D eigenvalue weighted by Crippen LogP contribution is 2.34. The summed E-state index contributed by atoms with van der Waals surface area (Å²) in [6.07, 6.45) is 20.8. The van der Waals surface area contributed by atoms with Gasteiger partial charge in [0.05, 0.1) is 13.2 Å². The Bertz CT molecular complexity index is 565. The van der Waals surface area contributed by atoms with Gasteiger partial charge in [-0.3, -0.25) is 0 Å². The second kappa shape index (κ2) is 14.1. The average Bonchev–Trinajstić information content (AvgIpc) is 2.82. The monoisotopic (exact) mass is 428 g/mol. The van der Waals surface area contributed by atoms with E-state index in [0.717, 1.165) is 48.4 Å². The summed E-state index contributed by atoms with van der Waals surface area (Å²) >= 11 is 0. The second-order valence-electron chi connectivity index (χ2n) is 10.5. The average molecular weight is 429 g/mol. The lowest BCUT2D eigenvalue weighted by atomic mass is 9.78. The molecule has 2 heteroatoms. The van der Waals surface area contributed by atoms with Gasteiger partial charge >= 0.3 is 0 Å². The first-order valence-electron chi connectivity index (χ1n) is 13.6. The highest BCUT2D eigenvalue weighted by atomic mass is 16.5. The lowest BCUT2D eigenvalue weighted by molar-refractivity contribution is 0.178. The van der Waals surface area contributed by atoms with E-state index in [-0.39, 0.29) is 0 Å². The molecule has 0 amide bonds. The van der Waals surface area contributed by atoms with Gasteiger partial charge in [0.25, 0.3) is 0 Å². The SMILES string of the molecule is CCCC[C@H]1CC[C@H](CCCOc2ccc(OC[C@H]3CC[C@H](CCC)CC3)cc2)CC1. The molecule has 176 valence electrons. The van der Waals surface area contributed by atoms with Crippen LogP contribution >= 0.6 is 0 Å². The Labute approximate surface area is 192 Å². The van der Waals surface area contributed by atoms with Crippen LogP contribution in [-0.4, -0.2) is 13.2 Å². The summed E-state index contributed by atoms with van der Waals surface area (Å²) < 4.78 is 12.1. The molecule has 1 aromatic carbocycles. The Morgan fingerprint density at radius 1 is 0.581 bits per heavy atom. The number of hydrogen-bond donors (Lipinski definition) is 0. The lowest BCUT2D eigenvalue weighted by Crippen LogP contribution is -2.20. The van der Waals surface area contributed by atoms with Crippen molar-refractivity contribution in [3.63, 3.8) is 0 Å². The Balaban J connectivity index is 1.24. The number of rotatable bonds is 13. The van der Waals surface area contributed by atoms with Gasteiger partial charge in [-0.05, 0) is 73.6 Å². The highest BCUT2D eigenvalue weighted by molar-refractivity contribution is 5.31. The van der Waals surface area contributed by atoms with Crippen LogP contribution in [0.4, 0.5) is 0 Å². The molecule has 0 spiro atoms. The molecular weight excluding hydrogens is 380 g/mol. The van der Waals surface area contributed by atoms with Crippen molar-refractivity contribution >= 4 is 0 Å². The van der Waals surface area contributed by atoms with Crippen molar-refractivity contribution in [2.75, 3.05) is 13.2 Å².